The fourth-order valence-corrected chi connectivity index (χ4v) is 17.8. The Balaban J connectivity index is 0.000000269. The third kappa shape index (κ3) is 10.3. The highest BCUT2D eigenvalue weighted by Crippen LogP contribution is 2.72. The fraction of sp³-hybridized carbons (Fsp3) is 0.296. The first-order chi connectivity index (χ1) is 36.8. The number of methoxy groups -OCH3 is 1. The van der Waals surface area contributed by atoms with Crippen molar-refractivity contribution in [2.75, 3.05) is 7.11 Å². The third-order valence-electron chi connectivity index (χ3n) is 17.5. The number of fused-ring (bicyclic) bond motifs is 8. The molecule has 0 saturated heterocycles. The smallest absolute Gasteiger partial charge is 0.138 e. The number of benzene rings is 8. The van der Waals surface area contributed by atoms with Crippen LogP contribution in [0, 0.1) is 72.1 Å². The lowest BCUT2D eigenvalue weighted by Crippen LogP contribution is -2.36. The summed E-state index contributed by atoms with van der Waals surface area (Å²) in [6.45, 7) is 19.2. The molecule has 8 aromatic rings. The Morgan fingerprint density at radius 3 is 1.62 bits per heavy atom. The van der Waals surface area contributed by atoms with Crippen LogP contribution in [0.5, 0.6) is 23.0 Å². The van der Waals surface area contributed by atoms with E-state index in [4.69, 9.17) is 14.2 Å². The molecule has 3 saturated carbocycles. The zero-order valence-electron chi connectivity index (χ0n) is 46.0. The molecular weight excluding hydrogens is 948 g/mol. The molecule has 0 spiro atoms. The second-order valence-corrected chi connectivity index (χ2v) is 25.2. The lowest BCUT2D eigenvalue weighted by atomic mass is 9.82. The summed E-state index contributed by atoms with van der Waals surface area (Å²) >= 11 is 0. The van der Waals surface area contributed by atoms with Crippen LogP contribution in [0.1, 0.15) is 111 Å². The van der Waals surface area contributed by atoms with Crippen LogP contribution in [-0.2, 0) is 22.5 Å². The summed E-state index contributed by atoms with van der Waals surface area (Å²) in [7, 11) is -1.82. The van der Waals surface area contributed by atoms with Crippen LogP contribution in [0.4, 0.5) is 0 Å². The third-order valence-corrected chi connectivity index (χ3v) is 21.3. The van der Waals surface area contributed by atoms with Crippen LogP contribution in [0.25, 0.3) is 17.2 Å². The van der Waals surface area contributed by atoms with E-state index in [1.807, 2.05) is 72.8 Å². The lowest BCUT2D eigenvalue weighted by molar-refractivity contribution is 0.259. The van der Waals surface area contributed by atoms with Crippen LogP contribution < -0.4 is 19.5 Å². The summed E-state index contributed by atoms with van der Waals surface area (Å²) in [5.41, 5.74) is 17.0. The Kier molecular flexibility index (Phi) is 15.5. The van der Waals surface area contributed by atoms with Gasteiger partial charge in [-0.2, -0.15) is 0 Å². The number of hydrogen-bond donors (Lipinski definition) is 0. The molecule has 3 fully saturated rings. The van der Waals surface area contributed by atoms with Crippen molar-refractivity contribution in [2.45, 2.75) is 105 Å². The first-order valence-corrected chi connectivity index (χ1v) is 29.5. The molecule has 8 aromatic carbocycles. The van der Waals surface area contributed by atoms with Gasteiger partial charge in [-0.3, -0.25) is 0 Å². The maximum Gasteiger partial charge on any atom is 0.138 e. The Morgan fingerprint density at radius 2 is 1.07 bits per heavy atom. The highest BCUT2D eigenvalue weighted by molar-refractivity contribution is 7.73. The van der Waals surface area contributed by atoms with Gasteiger partial charge in [-0.25, -0.2) is 0 Å². The van der Waals surface area contributed by atoms with Gasteiger partial charge in [0.2, 0.25) is 0 Å². The Hall–Kier alpha value is -6.87. The average molecular weight is 1020 g/mol. The summed E-state index contributed by atoms with van der Waals surface area (Å²) in [6.07, 6.45) is 11.7. The van der Waals surface area contributed by atoms with Crippen LogP contribution in [-0.4, -0.2) is 7.11 Å². The molecule has 1 aliphatic heterocycles. The van der Waals surface area contributed by atoms with Crippen molar-refractivity contribution >= 4 is 18.5 Å². The molecule has 4 nitrogen and oxygen atoms in total. The van der Waals surface area contributed by atoms with Gasteiger partial charge in [0.1, 0.15) is 41.9 Å². The van der Waals surface area contributed by atoms with Crippen molar-refractivity contribution in [3.8, 4) is 34.1 Å². The molecule has 0 radical (unpaired) electrons. The molecule has 0 N–H and O–H groups in total. The summed E-state index contributed by atoms with van der Waals surface area (Å²) in [4.78, 5) is 0. The number of rotatable bonds is 11. The Morgan fingerprint density at radius 1 is 0.566 bits per heavy atom. The van der Waals surface area contributed by atoms with Gasteiger partial charge in [0.25, 0.3) is 0 Å². The number of aryl methyl sites for hydroxylation is 6. The zero-order chi connectivity index (χ0) is 53.1. The highest BCUT2D eigenvalue weighted by Gasteiger charge is 2.55. The summed E-state index contributed by atoms with van der Waals surface area (Å²) in [5, 5.41) is -0.250. The van der Waals surface area contributed by atoms with E-state index >= 15 is 4.57 Å². The minimum Gasteiger partial charge on any atom is -0.497 e. The predicted molar refractivity (Wildman–Crippen MR) is 317 cm³/mol. The van der Waals surface area contributed by atoms with Crippen LogP contribution in [0.3, 0.4) is 0 Å². The molecular formula is C71H75O4P. The summed E-state index contributed by atoms with van der Waals surface area (Å²) in [6, 6.07) is 58.0. The standard InChI is InChI=1S/C51H45O4P.C10H16.C10H14/c1-6-38-15-17-39(18-16-38)33-54-45-27-21-42(22-28-45)51(41-19-25-44(53-5)26-20-41,43-23-29-46(30-24-43)55-50-36(3)31-35(2)32-37(50)4)56(52)34-40-11-7-8-12-47(40)48-13-9-10-14-49(48)56;1-2-9-7-4-5-8(6-7)10(9)3-1;1-7-5-8(2)10(4)9(3)6-7/h6-32H,1,33-34H2,2-5H3;7-10H,1-6H2;5-6H,1-4H3. The summed E-state index contributed by atoms with van der Waals surface area (Å²) in [5.74, 6) is 7.82. The molecule has 388 valence electrons. The maximum absolute atomic E-state index is 17.0. The topological polar surface area (TPSA) is 44.8 Å². The molecule has 0 amide bonds. The van der Waals surface area contributed by atoms with E-state index in [1.165, 1.54) is 51.5 Å². The SMILES string of the molecule is C1CC2C3CCC(C3)C2C1.C=Cc1ccc(COc2ccc(C(c3ccc(OC)cc3)(c3ccc(Oc4c(C)cc(C)cc4C)cc3)P3(=O)Cc4ccccc4-c4ccccc43)cc2)cc1.Cc1cc(C)c(C)c(C)c1. The van der Waals surface area contributed by atoms with Gasteiger partial charge in [0, 0.05) is 11.5 Å². The largest absolute Gasteiger partial charge is 0.497 e. The fourth-order valence-electron chi connectivity index (χ4n) is 13.7. The monoisotopic (exact) mass is 1020 g/mol. The second kappa shape index (κ2) is 22.4. The number of ether oxygens (including phenoxy) is 3. The Labute approximate surface area is 453 Å². The minimum absolute atomic E-state index is 0.380. The molecule has 6 atom stereocenters. The predicted octanol–water partition coefficient (Wildman–Crippen LogP) is 18.5. The molecule has 2 bridgehead atoms. The molecule has 76 heavy (non-hydrogen) atoms. The van der Waals surface area contributed by atoms with Crippen molar-refractivity contribution < 1.29 is 18.8 Å². The first kappa shape index (κ1) is 52.6. The van der Waals surface area contributed by atoms with Crippen LogP contribution in [0.15, 0.2) is 176 Å². The molecule has 0 aromatic heterocycles. The van der Waals surface area contributed by atoms with Crippen LogP contribution in [0.2, 0.25) is 0 Å². The molecule has 4 aliphatic rings. The van der Waals surface area contributed by atoms with Gasteiger partial charge in [0.05, 0.1) is 7.11 Å². The molecule has 3 aliphatic carbocycles. The van der Waals surface area contributed by atoms with Crippen LogP contribution >= 0.6 is 7.14 Å². The Bertz CT molecular complexity index is 3330. The van der Waals surface area contributed by atoms with Crippen molar-refractivity contribution in [2.24, 2.45) is 23.7 Å². The molecule has 6 unspecified atom stereocenters. The van der Waals surface area contributed by atoms with Gasteiger partial charge in [-0.05, 0) is 213 Å². The van der Waals surface area contributed by atoms with Gasteiger partial charge >= 0.3 is 0 Å². The zero-order valence-corrected chi connectivity index (χ0v) is 46.9. The lowest BCUT2D eigenvalue weighted by Gasteiger charge is -2.45. The summed E-state index contributed by atoms with van der Waals surface area (Å²) < 4.78 is 35.6. The van der Waals surface area contributed by atoms with E-state index in [0.717, 1.165) is 78.2 Å². The number of hydrogen-bond acceptors (Lipinski definition) is 4. The highest BCUT2D eigenvalue weighted by atomic mass is 31.2. The van der Waals surface area contributed by atoms with Crippen molar-refractivity contribution in [1.29, 1.82) is 0 Å². The molecule has 5 heteroatoms. The van der Waals surface area contributed by atoms with Gasteiger partial charge in [-0.15, -0.1) is 0 Å². The normalized spacial score (nSPS) is 20.3. The maximum atomic E-state index is 17.0. The first-order valence-electron chi connectivity index (χ1n) is 27.6. The molecule has 12 rings (SSSR count). The minimum atomic E-state index is -3.49. The molecule has 1 heterocycles. The van der Waals surface area contributed by atoms with Crippen molar-refractivity contribution in [3.63, 3.8) is 0 Å². The van der Waals surface area contributed by atoms with Crippen molar-refractivity contribution in [1.82, 2.24) is 0 Å². The van der Waals surface area contributed by atoms with E-state index in [9.17, 15) is 0 Å². The quantitative estimate of drug-likeness (QED) is 0.0957. The van der Waals surface area contributed by atoms with E-state index in [0.29, 0.717) is 18.5 Å². The van der Waals surface area contributed by atoms with Gasteiger partial charge in [-0.1, -0.05) is 164 Å². The second-order valence-electron chi connectivity index (χ2n) is 22.2. The average Bonchev–Trinajstić information content (AvgIpc) is 4.34. The van der Waals surface area contributed by atoms with E-state index in [-0.39, 0.29) is 0 Å². The van der Waals surface area contributed by atoms with E-state index < -0.39 is 12.3 Å². The van der Waals surface area contributed by atoms with E-state index in [1.54, 1.807) is 45.6 Å². The van der Waals surface area contributed by atoms with Gasteiger partial charge < -0.3 is 18.8 Å². The van der Waals surface area contributed by atoms with Crippen molar-refractivity contribution in [3.05, 3.63) is 249 Å². The van der Waals surface area contributed by atoms with E-state index in [2.05, 4.69) is 158 Å². The van der Waals surface area contributed by atoms with Gasteiger partial charge in [0.15, 0.2) is 0 Å².